The molecule has 1 aromatic rings. The van der Waals surface area contributed by atoms with E-state index in [2.05, 4.69) is 24.2 Å². The molecular weight excluding hydrogens is 282 g/mol. The van der Waals surface area contributed by atoms with E-state index in [1.165, 1.54) is 0 Å². The van der Waals surface area contributed by atoms with Gasteiger partial charge in [-0.2, -0.15) is 8.78 Å². The van der Waals surface area contributed by atoms with Crippen LogP contribution in [0, 0.1) is 5.92 Å². The third kappa shape index (κ3) is 4.75. The number of piperidine rings is 1. The van der Waals surface area contributed by atoms with Crippen molar-refractivity contribution in [3.05, 3.63) is 23.7 Å². The van der Waals surface area contributed by atoms with Crippen molar-refractivity contribution in [2.45, 2.75) is 37.4 Å². The minimum atomic E-state index is -2.35. The summed E-state index contributed by atoms with van der Waals surface area (Å²) in [6.07, 6.45) is 1.13. The average molecular weight is 304 g/mol. The lowest BCUT2D eigenvalue weighted by Crippen LogP contribution is -2.46. The molecule has 0 aromatic carbocycles. The zero-order chi connectivity index (χ0) is 14.5. The van der Waals surface area contributed by atoms with E-state index in [0.717, 1.165) is 25.3 Å². The summed E-state index contributed by atoms with van der Waals surface area (Å²) in [6.45, 7) is 5.13. The molecule has 3 nitrogen and oxygen atoms in total. The SMILES string of the molecule is CC1CN(C)CCC1NCc1ccc(CSC(F)F)o1. The molecule has 1 aliphatic rings. The van der Waals surface area contributed by atoms with Crippen molar-refractivity contribution in [3.8, 4) is 0 Å². The number of hydrogen-bond donors (Lipinski definition) is 1. The van der Waals surface area contributed by atoms with Crippen molar-refractivity contribution in [2.24, 2.45) is 5.92 Å². The highest BCUT2D eigenvalue weighted by molar-refractivity contribution is 7.98. The van der Waals surface area contributed by atoms with E-state index in [0.29, 0.717) is 36.0 Å². The molecule has 114 valence electrons. The van der Waals surface area contributed by atoms with Crippen LogP contribution in [0.4, 0.5) is 8.78 Å². The predicted molar refractivity (Wildman–Crippen MR) is 77.9 cm³/mol. The largest absolute Gasteiger partial charge is 0.464 e. The van der Waals surface area contributed by atoms with Crippen LogP contribution in [0.5, 0.6) is 0 Å². The molecule has 1 aliphatic heterocycles. The molecule has 1 aromatic heterocycles. The minimum Gasteiger partial charge on any atom is -0.464 e. The van der Waals surface area contributed by atoms with Crippen LogP contribution >= 0.6 is 11.8 Å². The van der Waals surface area contributed by atoms with Gasteiger partial charge in [-0.3, -0.25) is 0 Å². The molecule has 0 bridgehead atoms. The molecule has 6 heteroatoms. The second-order valence-electron chi connectivity index (χ2n) is 5.46. The molecule has 0 aliphatic carbocycles. The first-order valence-electron chi connectivity index (χ1n) is 6.94. The molecule has 0 spiro atoms. The quantitative estimate of drug-likeness (QED) is 0.874. The number of alkyl halides is 2. The van der Waals surface area contributed by atoms with Gasteiger partial charge in [-0.25, -0.2) is 0 Å². The number of nitrogens with one attached hydrogen (secondary N) is 1. The number of halogens is 2. The molecule has 1 fully saturated rings. The van der Waals surface area contributed by atoms with Crippen LogP contribution in [0.25, 0.3) is 0 Å². The summed E-state index contributed by atoms with van der Waals surface area (Å²) in [5.41, 5.74) is 0. The van der Waals surface area contributed by atoms with Gasteiger partial charge in [-0.15, -0.1) is 0 Å². The molecule has 2 unspecified atom stereocenters. The Kier molecular flexibility index (Phi) is 5.86. The lowest BCUT2D eigenvalue weighted by atomic mass is 9.94. The number of thioether (sulfide) groups is 1. The summed E-state index contributed by atoms with van der Waals surface area (Å²) in [5.74, 6) is -0.0775. The van der Waals surface area contributed by atoms with Gasteiger partial charge in [0.1, 0.15) is 11.5 Å². The third-order valence-corrected chi connectivity index (χ3v) is 4.42. The second-order valence-corrected chi connectivity index (χ2v) is 6.43. The third-order valence-electron chi connectivity index (χ3n) is 3.72. The van der Waals surface area contributed by atoms with Gasteiger partial charge < -0.3 is 14.6 Å². The highest BCUT2D eigenvalue weighted by atomic mass is 32.2. The van der Waals surface area contributed by atoms with Crippen LogP contribution in [0.3, 0.4) is 0 Å². The van der Waals surface area contributed by atoms with Crippen molar-refractivity contribution < 1.29 is 13.2 Å². The number of rotatable bonds is 6. The van der Waals surface area contributed by atoms with Crippen LogP contribution < -0.4 is 5.32 Å². The van der Waals surface area contributed by atoms with Crippen molar-refractivity contribution in [2.75, 3.05) is 20.1 Å². The maximum absolute atomic E-state index is 12.1. The zero-order valence-electron chi connectivity index (χ0n) is 11.9. The molecule has 2 heterocycles. The minimum absolute atomic E-state index is 0.224. The van der Waals surface area contributed by atoms with Gasteiger partial charge in [0.05, 0.1) is 12.3 Å². The Morgan fingerprint density at radius 3 is 2.90 bits per heavy atom. The smallest absolute Gasteiger partial charge is 0.284 e. The first-order valence-corrected chi connectivity index (χ1v) is 7.98. The van der Waals surface area contributed by atoms with E-state index in [4.69, 9.17) is 4.42 Å². The Morgan fingerprint density at radius 1 is 1.45 bits per heavy atom. The van der Waals surface area contributed by atoms with Crippen molar-refractivity contribution >= 4 is 11.8 Å². The van der Waals surface area contributed by atoms with Gasteiger partial charge in [-0.05, 0) is 38.1 Å². The molecule has 0 saturated carbocycles. The number of hydrogen-bond acceptors (Lipinski definition) is 4. The zero-order valence-corrected chi connectivity index (χ0v) is 12.8. The second kappa shape index (κ2) is 7.43. The first-order chi connectivity index (χ1) is 9.54. The number of furan rings is 1. The normalized spacial score (nSPS) is 24.4. The first kappa shape index (κ1) is 15.8. The fourth-order valence-electron chi connectivity index (χ4n) is 2.63. The fourth-order valence-corrected chi connectivity index (χ4v) is 3.07. The van der Waals surface area contributed by atoms with Gasteiger partial charge in [0.25, 0.3) is 5.76 Å². The molecule has 1 N–H and O–H groups in total. The topological polar surface area (TPSA) is 28.4 Å². The predicted octanol–water partition coefficient (Wildman–Crippen LogP) is 3.17. The van der Waals surface area contributed by atoms with E-state index in [1.807, 2.05) is 6.07 Å². The van der Waals surface area contributed by atoms with Crippen LogP contribution in [-0.4, -0.2) is 36.8 Å². The van der Waals surface area contributed by atoms with Crippen LogP contribution in [0.15, 0.2) is 16.5 Å². The van der Waals surface area contributed by atoms with Gasteiger partial charge in [-0.1, -0.05) is 18.7 Å². The highest BCUT2D eigenvalue weighted by Gasteiger charge is 2.23. The van der Waals surface area contributed by atoms with Crippen molar-refractivity contribution in [3.63, 3.8) is 0 Å². The molecule has 0 amide bonds. The summed E-state index contributed by atoms with van der Waals surface area (Å²) >= 11 is 0.591. The van der Waals surface area contributed by atoms with Gasteiger partial charge in [0, 0.05) is 12.6 Å². The van der Waals surface area contributed by atoms with Crippen LogP contribution in [0.2, 0.25) is 0 Å². The summed E-state index contributed by atoms with van der Waals surface area (Å²) in [6, 6.07) is 4.15. The summed E-state index contributed by atoms with van der Waals surface area (Å²) in [5, 5.41) is 3.51. The molecular formula is C14H22F2N2OS. The maximum Gasteiger partial charge on any atom is 0.284 e. The molecule has 1 saturated heterocycles. The molecule has 0 radical (unpaired) electrons. The maximum atomic E-state index is 12.1. The highest BCUT2D eigenvalue weighted by Crippen LogP contribution is 2.21. The Hall–Kier alpha value is -0.590. The van der Waals surface area contributed by atoms with Gasteiger partial charge >= 0.3 is 0 Å². The Balaban J connectivity index is 1.76. The van der Waals surface area contributed by atoms with E-state index in [1.54, 1.807) is 6.07 Å². The van der Waals surface area contributed by atoms with E-state index < -0.39 is 5.76 Å². The lowest BCUT2D eigenvalue weighted by molar-refractivity contribution is 0.172. The lowest BCUT2D eigenvalue weighted by Gasteiger charge is -2.35. The summed E-state index contributed by atoms with van der Waals surface area (Å²) in [7, 11) is 2.15. The van der Waals surface area contributed by atoms with E-state index in [-0.39, 0.29) is 5.75 Å². The van der Waals surface area contributed by atoms with Crippen molar-refractivity contribution in [1.29, 1.82) is 0 Å². The fraction of sp³-hybridized carbons (Fsp3) is 0.714. The number of likely N-dealkylation sites (tertiary alicyclic amines) is 1. The monoisotopic (exact) mass is 304 g/mol. The molecule has 2 atom stereocenters. The Bertz CT molecular complexity index is 414. The average Bonchev–Trinajstić information content (AvgIpc) is 2.83. The van der Waals surface area contributed by atoms with Gasteiger partial charge in [0.2, 0.25) is 0 Å². The molecule has 2 rings (SSSR count). The standard InChI is InChI=1S/C14H22F2N2OS/c1-10-8-18(2)6-5-13(10)17-7-11-3-4-12(19-11)9-20-14(15)16/h3-4,10,13-14,17H,5-9H2,1-2H3. The Morgan fingerprint density at radius 2 is 2.20 bits per heavy atom. The van der Waals surface area contributed by atoms with Gasteiger partial charge in [0.15, 0.2) is 0 Å². The summed E-state index contributed by atoms with van der Waals surface area (Å²) < 4.78 is 29.8. The van der Waals surface area contributed by atoms with E-state index in [9.17, 15) is 8.78 Å². The Labute approximate surface area is 123 Å². The van der Waals surface area contributed by atoms with E-state index >= 15 is 0 Å². The number of nitrogens with zero attached hydrogens (tertiary/aromatic N) is 1. The molecule has 20 heavy (non-hydrogen) atoms. The van der Waals surface area contributed by atoms with Crippen LogP contribution in [0.1, 0.15) is 24.9 Å². The summed E-state index contributed by atoms with van der Waals surface area (Å²) in [4.78, 5) is 2.34. The van der Waals surface area contributed by atoms with Crippen LogP contribution in [-0.2, 0) is 12.3 Å². The van der Waals surface area contributed by atoms with Crippen molar-refractivity contribution in [1.82, 2.24) is 10.2 Å².